The summed E-state index contributed by atoms with van der Waals surface area (Å²) >= 11 is 0. The monoisotopic (exact) mass is 313 g/mol. The van der Waals surface area contributed by atoms with Gasteiger partial charge in [0.2, 0.25) is 0 Å². The van der Waals surface area contributed by atoms with Crippen molar-refractivity contribution in [1.82, 2.24) is 4.90 Å². The lowest BCUT2D eigenvalue weighted by Crippen LogP contribution is -2.38. The summed E-state index contributed by atoms with van der Waals surface area (Å²) in [6.45, 7) is 4.72. The molecule has 0 heterocycles. The molecule has 0 saturated heterocycles. The molecule has 1 aromatic rings. The summed E-state index contributed by atoms with van der Waals surface area (Å²) in [5.74, 6) is 0. The predicted molar refractivity (Wildman–Crippen MR) is 67.7 cm³/mol. The number of halogens is 6. The quantitative estimate of drug-likeness (QED) is 0.698. The fourth-order valence-electron chi connectivity index (χ4n) is 1.76. The first-order valence-corrected chi connectivity index (χ1v) is 6.22. The average Bonchev–Trinajstić information content (AvgIpc) is 2.24. The molecule has 0 aliphatic carbocycles. The minimum Gasteiger partial charge on any atom is -0.297 e. The van der Waals surface area contributed by atoms with Crippen LogP contribution >= 0.6 is 0 Å². The summed E-state index contributed by atoms with van der Waals surface area (Å²) in [5, 5.41) is 0. The largest absolute Gasteiger partial charge is 0.416 e. The molecule has 21 heavy (non-hydrogen) atoms. The van der Waals surface area contributed by atoms with Crippen molar-refractivity contribution in [3.05, 3.63) is 34.9 Å². The van der Waals surface area contributed by atoms with Crippen molar-refractivity contribution >= 4 is 0 Å². The summed E-state index contributed by atoms with van der Waals surface area (Å²) in [6, 6.07) is 2.15. The van der Waals surface area contributed by atoms with Gasteiger partial charge in [-0.1, -0.05) is 6.07 Å². The van der Waals surface area contributed by atoms with Crippen molar-refractivity contribution in [3.8, 4) is 0 Å². The van der Waals surface area contributed by atoms with Crippen LogP contribution < -0.4 is 0 Å². The molecule has 0 aliphatic heterocycles. The van der Waals surface area contributed by atoms with Crippen molar-refractivity contribution in [1.29, 1.82) is 0 Å². The van der Waals surface area contributed by atoms with E-state index in [2.05, 4.69) is 0 Å². The summed E-state index contributed by atoms with van der Waals surface area (Å²) in [5.41, 5.74) is -3.78. The second-order valence-corrected chi connectivity index (χ2v) is 5.85. The Bertz CT molecular complexity index is 463. The molecule has 0 spiro atoms. The zero-order valence-corrected chi connectivity index (χ0v) is 12.2. The van der Waals surface area contributed by atoms with Crippen LogP contribution in [0.1, 0.15) is 37.5 Å². The molecular formula is C14H17F6N. The lowest BCUT2D eigenvalue weighted by molar-refractivity contribution is -0.144. The highest BCUT2D eigenvalue weighted by Gasteiger charge is 2.41. The summed E-state index contributed by atoms with van der Waals surface area (Å²) < 4.78 is 77.9. The Kier molecular flexibility index (Phi) is 4.68. The predicted octanol–water partition coefficient (Wildman–Crippen LogP) is 4.95. The van der Waals surface area contributed by atoms with E-state index in [0.29, 0.717) is 12.1 Å². The third-order valence-corrected chi connectivity index (χ3v) is 3.33. The highest BCUT2D eigenvalue weighted by Crippen LogP contribution is 2.40. The molecule has 0 amide bonds. The van der Waals surface area contributed by atoms with Gasteiger partial charge in [0.1, 0.15) is 0 Å². The maximum Gasteiger partial charge on any atom is 0.416 e. The van der Waals surface area contributed by atoms with E-state index in [-0.39, 0.29) is 0 Å². The Labute approximate surface area is 119 Å². The third kappa shape index (κ3) is 4.36. The van der Waals surface area contributed by atoms with E-state index < -0.39 is 41.1 Å². The zero-order valence-electron chi connectivity index (χ0n) is 12.2. The van der Waals surface area contributed by atoms with Gasteiger partial charge in [-0.3, -0.25) is 4.90 Å². The number of nitrogens with zero attached hydrogens (tertiary/aromatic N) is 1. The molecule has 0 unspecified atom stereocenters. The highest BCUT2D eigenvalue weighted by molar-refractivity contribution is 5.39. The van der Waals surface area contributed by atoms with Gasteiger partial charge in [-0.15, -0.1) is 0 Å². The standard InChI is InChI=1S/C14H17F6N/c1-12(2,3)21(4)8-9-10(13(15,16)17)6-5-7-11(9)14(18,19)20/h5-7H,8H2,1-4H3. The molecule has 1 nitrogen and oxygen atoms in total. The first kappa shape index (κ1) is 17.8. The number of alkyl halides is 6. The van der Waals surface area contributed by atoms with Crippen LogP contribution in [-0.2, 0) is 18.9 Å². The van der Waals surface area contributed by atoms with Gasteiger partial charge in [0.15, 0.2) is 0 Å². The summed E-state index contributed by atoms with van der Waals surface area (Å²) in [4.78, 5) is 1.45. The number of rotatable bonds is 2. The molecule has 1 aromatic carbocycles. The van der Waals surface area contributed by atoms with Gasteiger partial charge >= 0.3 is 12.4 Å². The molecule has 1 rings (SSSR count). The van der Waals surface area contributed by atoms with Crippen molar-refractivity contribution < 1.29 is 26.3 Å². The molecule has 0 bridgehead atoms. The normalized spacial score (nSPS) is 13.9. The van der Waals surface area contributed by atoms with Gasteiger partial charge in [-0.25, -0.2) is 0 Å². The van der Waals surface area contributed by atoms with Crippen LogP contribution in [-0.4, -0.2) is 17.5 Å². The molecule has 0 fully saturated rings. The highest BCUT2D eigenvalue weighted by atomic mass is 19.4. The minimum atomic E-state index is -4.82. The van der Waals surface area contributed by atoms with Crippen molar-refractivity contribution in [2.45, 2.75) is 45.2 Å². The maximum atomic E-state index is 13.0. The maximum absolute atomic E-state index is 13.0. The fourth-order valence-corrected chi connectivity index (χ4v) is 1.76. The summed E-state index contributed by atoms with van der Waals surface area (Å²) in [7, 11) is 1.49. The molecule has 120 valence electrons. The molecule has 0 radical (unpaired) electrons. The van der Waals surface area contributed by atoms with Crippen molar-refractivity contribution in [3.63, 3.8) is 0 Å². The van der Waals surface area contributed by atoms with Crippen LogP contribution in [0, 0.1) is 0 Å². The smallest absolute Gasteiger partial charge is 0.297 e. The van der Waals surface area contributed by atoms with Crippen molar-refractivity contribution in [2.24, 2.45) is 0 Å². The van der Waals surface area contributed by atoms with Gasteiger partial charge in [-0.05, 0) is 45.5 Å². The van der Waals surface area contributed by atoms with Gasteiger partial charge in [0.25, 0.3) is 0 Å². The zero-order chi connectivity index (χ0) is 16.6. The number of hydrogen-bond acceptors (Lipinski definition) is 1. The molecule has 0 atom stereocenters. The van der Waals surface area contributed by atoms with Gasteiger partial charge in [0.05, 0.1) is 11.1 Å². The van der Waals surface area contributed by atoms with Crippen LogP contribution in [0.5, 0.6) is 0 Å². The lowest BCUT2D eigenvalue weighted by Gasteiger charge is -2.33. The van der Waals surface area contributed by atoms with Crippen LogP contribution in [0.25, 0.3) is 0 Å². The van der Waals surface area contributed by atoms with E-state index in [1.165, 1.54) is 11.9 Å². The van der Waals surface area contributed by atoms with Gasteiger partial charge in [0, 0.05) is 12.1 Å². The third-order valence-electron chi connectivity index (χ3n) is 3.33. The Morgan fingerprint density at radius 1 is 0.857 bits per heavy atom. The Balaban J connectivity index is 3.44. The Morgan fingerprint density at radius 2 is 1.24 bits per heavy atom. The topological polar surface area (TPSA) is 3.24 Å². The summed E-state index contributed by atoms with van der Waals surface area (Å²) in [6.07, 6.45) is -9.65. The molecule has 0 saturated carbocycles. The molecule has 0 aliphatic rings. The fraction of sp³-hybridized carbons (Fsp3) is 0.571. The van der Waals surface area contributed by atoms with E-state index in [0.717, 1.165) is 6.07 Å². The van der Waals surface area contributed by atoms with E-state index in [4.69, 9.17) is 0 Å². The average molecular weight is 313 g/mol. The second-order valence-electron chi connectivity index (χ2n) is 5.85. The molecule has 0 aromatic heterocycles. The van der Waals surface area contributed by atoms with Crippen LogP contribution in [0.4, 0.5) is 26.3 Å². The van der Waals surface area contributed by atoms with Crippen LogP contribution in [0.2, 0.25) is 0 Å². The SMILES string of the molecule is CN(Cc1c(C(F)(F)F)cccc1C(F)(F)F)C(C)(C)C. The molecular weight excluding hydrogens is 296 g/mol. The first-order chi connectivity index (χ1) is 9.24. The Morgan fingerprint density at radius 3 is 1.52 bits per heavy atom. The minimum absolute atomic E-state index is 0.436. The van der Waals surface area contributed by atoms with Crippen molar-refractivity contribution in [2.75, 3.05) is 7.05 Å². The van der Waals surface area contributed by atoms with E-state index in [1.807, 2.05) is 0 Å². The molecule has 7 heteroatoms. The second kappa shape index (κ2) is 5.51. The van der Waals surface area contributed by atoms with Crippen LogP contribution in [0.15, 0.2) is 18.2 Å². The lowest BCUT2D eigenvalue weighted by atomic mass is 9.97. The van der Waals surface area contributed by atoms with Gasteiger partial charge < -0.3 is 0 Å². The molecule has 0 N–H and O–H groups in total. The Hall–Kier alpha value is -1.24. The number of hydrogen-bond donors (Lipinski definition) is 0. The van der Waals surface area contributed by atoms with Crippen LogP contribution in [0.3, 0.4) is 0 Å². The van der Waals surface area contributed by atoms with E-state index in [9.17, 15) is 26.3 Å². The number of benzene rings is 1. The first-order valence-electron chi connectivity index (χ1n) is 6.22. The van der Waals surface area contributed by atoms with E-state index >= 15 is 0 Å². The van der Waals surface area contributed by atoms with E-state index in [1.54, 1.807) is 20.8 Å². The van der Waals surface area contributed by atoms with Gasteiger partial charge in [-0.2, -0.15) is 26.3 Å².